The number of piperidine rings is 1. The van der Waals surface area contributed by atoms with Crippen molar-refractivity contribution in [3.8, 4) is 0 Å². The Kier molecular flexibility index (Phi) is 7.20. The summed E-state index contributed by atoms with van der Waals surface area (Å²) in [4.78, 5) is 35.2. The summed E-state index contributed by atoms with van der Waals surface area (Å²) >= 11 is 0. The van der Waals surface area contributed by atoms with E-state index in [0.29, 0.717) is 24.0 Å². The van der Waals surface area contributed by atoms with Crippen LogP contribution in [0.3, 0.4) is 0 Å². The molecule has 0 unspecified atom stereocenters. The molecule has 216 valence electrons. The van der Waals surface area contributed by atoms with Crippen LogP contribution in [-0.4, -0.2) is 66.3 Å². The van der Waals surface area contributed by atoms with Crippen molar-refractivity contribution in [3.63, 3.8) is 0 Å². The van der Waals surface area contributed by atoms with Crippen LogP contribution in [-0.2, 0) is 19.6 Å². The number of sulfonamides is 1. The van der Waals surface area contributed by atoms with Crippen molar-refractivity contribution >= 4 is 44.1 Å². The van der Waals surface area contributed by atoms with Crippen molar-refractivity contribution in [2.24, 2.45) is 0 Å². The van der Waals surface area contributed by atoms with Crippen LogP contribution in [0.1, 0.15) is 24.0 Å². The van der Waals surface area contributed by atoms with E-state index in [1.54, 1.807) is 29.3 Å². The molecule has 0 bridgehead atoms. The molecule has 2 amide bonds. The summed E-state index contributed by atoms with van der Waals surface area (Å²) < 4.78 is 29.0. The average molecular weight is 584 g/mol. The largest absolute Gasteiger partial charge is 0.339 e. The lowest BCUT2D eigenvalue weighted by molar-refractivity contribution is -0.136. The van der Waals surface area contributed by atoms with E-state index in [1.165, 1.54) is 4.31 Å². The van der Waals surface area contributed by atoms with Gasteiger partial charge in [0.15, 0.2) is 0 Å². The van der Waals surface area contributed by atoms with Gasteiger partial charge in [-0.3, -0.25) is 14.6 Å². The van der Waals surface area contributed by atoms with Gasteiger partial charge in [-0.1, -0.05) is 42.5 Å². The first-order valence-corrected chi connectivity index (χ1v) is 15.5. The number of aromatic nitrogens is 1. The SMILES string of the molecule is Cc1ccc(NC(=O)CN2CN(c3ccccc3)C3(CCN(S(=O)(=O)c4cccc5cccnc45)CC3)C2=O)cc1C. The number of rotatable bonds is 6. The standard InChI is InChI=1S/C32H33N5O4S/c1-23-13-14-26(20-24(23)2)34-29(38)21-35-22-37(27-10-4-3-5-11-27)32(31(35)39)15-18-36(19-16-32)42(40,41)28-12-6-8-25-9-7-17-33-30(25)28/h3-14,17,20H,15-16,18-19,21-22H2,1-2H3,(H,34,38). The molecule has 1 N–H and O–H groups in total. The van der Waals surface area contributed by atoms with Gasteiger partial charge in [0, 0.05) is 36.0 Å². The third-order valence-electron chi connectivity index (χ3n) is 8.47. The van der Waals surface area contributed by atoms with E-state index in [-0.39, 0.29) is 43.0 Å². The molecule has 1 spiro atoms. The Labute approximate surface area is 245 Å². The highest BCUT2D eigenvalue weighted by Crippen LogP contribution is 2.40. The molecule has 2 saturated heterocycles. The van der Waals surface area contributed by atoms with Gasteiger partial charge < -0.3 is 15.1 Å². The lowest BCUT2D eigenvalue weighted by Gasteiger charge is -2.42. The summed E-state index contributed by atoms with van der Waals surface area (Å²) in [5.74, 6) is -0.439. The van der Waals surface area contributed by atoms with Gasteiger partial charge in [0.05, 0.1) is 12.2 Å². The van der Waals surface area contributed by atoms with Crippen molar-refractivity contribution in [2.75, 3.05) is 36.5 Å². The average Bonchev–Trinajstić information content (AvgIpc) is 3.25. The van der Waals surface area contributed by atoms with Gasteiger partial charge in [0.2, 0.25) is 21.8 Å². The number of carbonyl (C=O) groups is 2. The van der Waals surface area contributed by atoms with Crippen LogP contribution in [0.4, 0.5) is 11.4 Å². The Hall–Kier alpha value is -4.28. The molecule has 0 aliphatic carbocycles. The van der Waals surface area contributed by atoms with E-state index in [0.717, 1.165) is 22.2 Å². The Morgan fingerprint density at radius 1 is 0.929 bits per heavy atom. The fourth-order valence-electron chi connectivity index (χ4n) is 6.04. The number of nitrogens with one attached hydrogen (secondary N) is 1. The summed E-state index contributed by atoms with van der Waals surface area (Å²) in [6.45, 7) is 4.48. The summed E-state index contributed by atoms with van der Waals surface area (Å²) in [7, 11) is -3.84. The van der Waals surface area contributed by atoms with E-state index in [9.17, 15) is 18.0 Å². The number of pyridine rings is 1. The molecule has 0 radical (unpaired) electrons. The predicted octanol–water partition coefficient (Wildman–Crippen LogP) is 4.32. The molecule has 2 aliphatic rings. The third kappa shape index (κ3) is 4.90. The van der Waals surface area contributed by atoms with Crippen molar-refractivity contribution < 1.29 is 18.0 Å². The number of amides is 2. The number of nitrogens with zero attached hydrogens (tertiary/aromatic N) is 4. The van der Waals surface area contributed by atoms with Crippen LogP contribution in [0.5, 0.6) is 0 Å². The van der Waals surface area contributed by atoms with Crippen LogP contribution < -0.4 is 10.2 Å². The molecule has 2 fully saturated rings. The Bertz CT molecular complexity index is 1760. The molecule has 6 rings (SSSR count). The lowest BCUT2D eigenvalue weighted by atomic mass is 9.86. The number of para-hydroxylation sites is 2. The van der Waals surface area contributed by atoms with Crippen LogP contribution in [0.2, 0.25) is 0 Å². The topological polar surface area (TPSA) is 103 Å². The van der Waals surface area contributed by atoms with E-state index < -0.39 is 15.6 Å². The van der Waals surface area contributed by atoms with Crippen molar-refractivity contribution in [3.05, 3.63) is 96.2 Å². The van der Waals surface area contributed by atoms with Crippen LogP contribution in [0.25, 0.3) is 10.9 Å². The maximum Gasteiger partial charge on any atom is 0.250 e. The second-order valence-corrected chi connectivity index (χ2v) is 12.9. The third-order valence-corrected chi connectivity index (χ3v) is 10.4. The maximum absolute atomic E-state index is 14.1. The lowest BCUT2D eigenvalue weighted by Crippen LogP contribution is -2.57. The van der Waals surface area contributed by atoms with Gasteiger partial charge in [-0.15, -0.1) is 0 Å². The van der Waals surface area contributed by atoms with Gasteiger partial charge in [-0.2, -0.15) is 4.31 Å². The number of anilines is 2. The normalized spacial score (nSPS) is 17.2. The summed E-state index contributed by atoms with van der Waals surface area (Å²) in [6, 6.07) is 24.1. The van der Waals surface area contributed by atoms with Gasteiger partial charge in [0.25, 0.3) is 0 Å². The number of fused-ring (bicyclic) bond motifs is 1. The second kappa shape index (κ2) is 10.8. The van der Waals surface area contributed by atoms with Gasteiger partial charge in [0.1, 0.15) is 17.0 Å². The number of hydrogen-bond acceptors (Lipinski definition) is 6. The highest BCUT2D eigenvalue weighted by atomic mass is 32.2. The molecule has 10 heteroatoms. The van der Waals surface area contributed by atoms with Crippen LogP contribution in [0.15, 0.2) is 90.0 Å². The van der Waals surface area contributed by atoms with Crippen molar-refractivity contribution in [2.45, 2.75) is 37.1 Å². The summed E-state index contributed by atoms with van der Waals surface area (Å²) in [5, 5.41) is 3.67. The maximum atomic E-state index is 14.1. The second-order valence-electron chi connectivity index (χ2n) is 11.0. The number of aryl methyl sites for hydroxylation is 2. The Morgan fingerprint density at radius 3 is 2.40 bits per heavy atom. The fraction of sp³-hybridized carbons (Fsp3) is 0.281. The first-order chi connectivity index (χ1) is 20.2. The molecule has 3 aromatic carbocycles. The molecule has 0 atom stereocenters. The Balaban J connectivity index is 1.24. The molecule has 4 aromatic rings. The molecular weight excluding hydrogens is 550 g/mol. The molecule has 42 heavy (non-hydrogen) atoms. The predicted molar refractivity (Wildman–Crippen MR) is 163 cm³/mol. The molecule has 1 aromatic heterocycles. The summed E-state index contributed by atoms with van der Waals surface area (Å²) in [5.41, 5.74) is 3.23. The minimum absolute atomic E-state index is 0.0967. The highest BCUT2D eigenvalue weighted by Gasteiger charge is 2.55. The zero-order chi connectivity index (χ0) is 29.5. The van der Waals surface area contributed by atoms with E-state index in [2.05, 4.69) is 10.3 Å². The van der Waals surface area contributed by atoms with Gasteiger partial charge in [-0.05, 0) is 74.2 Å². The first kappa shape index (κ1) is 27.9. The minimum atomic E-state index is -3.84. The quantitative estimate of drug-likeness (QED) is 0.363. The smallest absolute Gasteiger partial charge is 0.250 e. The first-order valence-electron chi connectivity index (χ1n) is 14.0. The molecule has 0 saturated carbocycles. The van der Waals surface area contributed by atoms with Crippen molar-refractivity contribution in [1.29, 1.82) is 0 Å². The monoisotopic (exact) mass is 583 g/mol. The van der Waals surface area contributed by atoms with E-state index in [4.69, 9.17) is 0 Å². The van der Waals surface area contributed by atoms with Crippen LogP contribution >= 0.6 is 0 Å². The number of hydrogen-bond donors (Lipinski definition) is 1. The molecule has 3 heterocycles. The van der Waals surface area contributed by atoms with Gasteiger partial charge >= 0.3 is 0 Å². The highest BCUT2D eigenvalue weighted by molar-refractivity contribution is 7.89. The summed E-state index contributed by atoms with van der Waals surface area (Å²) in [6.07, 6.45) is 2.19. The molecule has 9 nitrogen and oxygen atoms in total. The number of carbonyl (C=O) groups excluding carboxylic acids is 2. The van der Waals surface area contributed by atoms with Gasteiger partial charge in [-0.25, -0.2) is 8.42 Å². The van der Waals surface area contributed by atoms with Crippen molar-refractivity contribution in [1.82, 2.24) is 14.2 Å². The van der Waals surface area contributed by atoms with E-state index >= 15 is 0 Å². The zero-order valence-electron chi connectivity index (χ0n) is 23.7. The number of benzene rings is 3. The van der Waals surface area contributed by atoms with Crippen LogP contribution in [0, 0.1) is 13.8 Å². The molecule has 2 aliphatic heterocycles. The Morgan fingerprint density at radius 2 is 1.67 bits per heavy atom. The van der Waals surface area contributed by atoms with E-state index in [1.807, 2.05) is 79.4 Å². The minimum Gasteiger partial charge on any atom is -0.339 e. The fourth-order valence-corrected chi connectivity index (χ4v) is 7.64. The molecular formula is C32H33N5O4S. The zero-order valence-corrected chi connectivity index (χ0v) is 24.5.